The van der Waals surface area contributed by atoms with Crippen LogP contribution in [0.25, 0.3) is 11.1 Å². The Hall–Kier alpha value is -3.76. The number of nitrogens with zero attached hydrogens (tertiary/aromatic N) is 4. The number of benzene rings is 2. The minimum absolute atomic E-state index is 0.0416. The lowest BCUT2D eigenvalue weighted by Gasteiger charge is -2.32. The van der Waals surface area contributed by atoms with Crippen molar-refractivity contribution in [2.24, 2.45) is 0 Å². The van der Waals surface area contributed by atoms with E-state index in [0.29, 0.717) is 10.6 Å². The third-order valence-corrected chi connectivity index (χ3v) is 8.40. The van der Waals surface area contributed by atoms with Gasteiger partial charge in [0.25, 0.3) is 0 Å². The molecule has 1 unspecified atom stereocenters. The van der Waals surface area contributed by atoms with Crippen LogP contribution in [0.2, 0.25) is 0 Å². The van der Waals surface area contributed by atoms with Crippen molar-refractivity contribution in [1.29, 1.82) is 10.5 Å². The lowest BCUT2D eigenvalue weighted by Crippen LogP contribution is -2.34. The van der Waals surface area contributed by atoms with E-state index in [1.54, 1.807) is 23.6 Å². The van der Waals surface area contributed by atoms with Gasteiger partial charge in [0.1, 0.15) is 28.5 Å². The standard InChI is InChI=1S/C26H17N5OS3/c1-15(26(32)31-19-6-2-4-8-21(19)35-22-9-5-3-7-20(22)31)34-25-18(13-28)23(16-10-11-33-14-16)17(12-27)24(29)30-25/h2-11,14-15H,1H3,(H2,29,30). The summed E-state index contributed by atoms with van der Waals surface area (Å²) in [7, 11) is 0. The summed E-state index contributed by atoms with van der Waals surface area (Å²) >= 11 is 4.26. The van der Waals surface area contributed by atoms with Crippen molar-refractivity contribution in [2.75, 3.05) is 10.6 Å². The minimum atomic E-state index is -0.582. The SMILES string of the molecule is CC(Sc1nc(N)c(C#N)c(-c2ccsc2)c1C#N)C(=O)N1c2ccccc2Sc2ccccc21. The van der Waals surface area contributed by atoms with Gasteiger partial charge in [0.2, 0.25) is 5.91 Å². The molecular formula is C26H17N5OS3. The first-order valence-corrected chi connectivity index (χ1v) is 13.2. The van der Waals surface area contributed by atoms with E-state index in [1.807, 2.05) is 65.4 Å². The number of carbonyl (C=O) groups excluding carboxylic acids is 1. The number of nitriles is 2. The highest BCUT2D eigenvalue weighted by atomic mass is 32.2. The number of hydrogen-bond acceptors (Lipinski definition) is 8. The van der Waals surface area contributed by atoms with Crippen LogP contribution in [0.3, 0.4) is 0 Å². The first-order chi connectivity index (χ1) is 17.0. The summed E-state index contributed by atoms with van der Waals surface area (Å²) < 4.78 is 0. The summed E-state index contributed by atoms with van der Waals surface area (Å²) in [4.78, 5) is 21.9. The van der Waals surface area contributed by atoms with Crippen molar-refractivity contribution in [3.63, 3.8) is 0 Å². The normalized spacial score (nSPS) is 12.7. The van der Waals surface area contributed by atoms with Crippen molar-refractivity contribution >= 4 is 58.0 Å². The Labute approximate surface area is 215 Å². The van der Waals surface area contributed by atoms with Gasteiger partial charge in [0, 0.05) is 15.4 Å². The van der Waals surface area contributed by atoms with E-state index in [1.165, 1.54) is 23.1 Å². The average molecular weight is 512 g/mol. The number of aromatic nitrogens is 1. The van der Waals surface area contributed by atoms with Gasteiger partial charge in [-0.1, -0.05) is 47.8 Å². The smallest absolute Gasteiger partial charge is 0.244 e. The highest BCUT2D eigenvalue weighted by molar-refractivity contribution is 8.00. The number of nitrogens with two attached hydrogens (primary N) is 1. The number of anilines is 3. The first-order valence-electron chi connectivity index (χ1n) is 10.6. The quantitative estimate of drug-likeness (QED) is 0.314. The number of amides is 1. The van der Waals surface area contributed by atoms with Crippen LogP contribution in [0.1, 0.15) is 18.1 Å². The van der Waals surface area contributed by atoms with Gasteiger partial charge in [-0.15, -0.1) is 0 Å². The van der Waals surface area contributed by atoms with E-state index in [2.05, 4.69) is 17.1 Å². The monoisotopic (exact) mass is 511 g/mol. The molecule has 0 spiro atoms. The number of nitrogen functional groups attached to an aromatic ring is 1. The molecule has 4 aromatic rings. The van der Waals surface area contributed by atoms with Crippen molar-refractivity contribution in [2.45, 2.75) is 27.0 Å². The van der Waals surface area contributed by atoms with Crippen LogP contribution >= 0.6 is 34.9 Å². The number of hydrogen-bond donors (Lipinski definition) is 1. The third-order valence-electron chi connectivity index (χ3n) is 5.51. The molecule has 0 saturated carbocycles. The number of thioether (sulfide) groups is 1. The molecule has 0 aliphatic carbocycles. The Morgan fingerprint density at radius 1 is 1.03 bits per heavy atom. The fourth-order valence-corrected chi connectivity index (χ4v) is 6.58. The highest BCUT2D eigenvalue weighted by Gasteiger charge is 2.32. The van der Waals surface area contributed by atoms with Crippen LogP contribution in [-0.2, 0) is 4.79 Å². The molecule has 1 aliphatic rings. The summed E-state index contributed by atoms with van der Waals surface area (Å²) in [5.41, 5.74) is 9.37. The van der Waals surface area contributed by atoms with Crippen LogP contribution in [-0.4, -0.2) is 16.1 Å². The number of rotatable bonds is 4. The van der Waals surface area contributed by atoms with Crippen LogP contribution in [0.15, 0.2) is 80.2 Å². The summed E-state index contributed by atoms with van der Waals surface area (Å²) in [5.74, 6) is -0.0965. The number of para-hydroxylation sites is 2. The van der Waals surface area contributed by atoms with Gasteiger partial charge in [-0.25, -0.2) is 4.98 Å². The molecule has 0 radical (unpaired) electrons. The number of carbonyl (C=O) groups is 1. The Balaban J connectivity index is 1.56. The molecule has 2 aromatic carbocycles. The molecule has 35 heavy (non-hydrogen) atoms. The number of pyridine rings is 1. The second-order valence-corrected chi connectivity index (χ2v) is 10.8. The molecule has 1 amide bonds. The van der Waals surface area contributed by atoms with Crippen LogP contribution < -0.4 is 10.6 Å². The van der Waals surface area contributed by atoms with Gasteiger partial charge in [-0.05, 0) is 53.6 Å². The molecule has 0 bridgehead atoms. The Bertz CT molecular complexity index is 1490. The molecule has 9 heteroatoms. The number of thiophene rings is 1. The van der Waals surface area contributed by atoms with Crippen LogP contribution in [0.4, 0.5) is 17.2 Å². The molecule has 170 valence electrons. The van der Waals surface area contributed by atoms with Crippen LogP contribution in [0, 0.1) is 22.7 Å². The average Bonchev–Trinajstić information content (AvgIpc) is 3.41. The Kier molecular flexibility index (Phi) is 6.23. The molecule has 2 aromatic heterocycles. The van der Waals surface area contributed by atoms with E-state index in [0.717, 1.165) is 26.7 Å². The summed E-state index contributed by atoms with van der Waals surface area (Å²) in [6.45, 7) is 1.79. The molecule has 3 heterocycles. The van der Waals surface area contributed by atoms with Gasteiger partial charge in [-0.3, -0.25) is 9.69 Å². The predicted molar refractivity (Wildman–Crippen MR) is 141 cm³/mol. The van der Waals surface area contributed by atoms with E-state index in [4.69, 9.17) is 5.73 Å². The summed E-state index contributed by atoms with van der Waals surface area (Å²) in [5, 5.41) is 23.2. The van der Waals surface area contributed by atoms with Crippen molar-refractivity contribution < 1.29 is 4.79 Å². The third kappa shape index (κ3) is 4.04. The number of fused-ring (bicyclic) bond motifs is 2. The molecular weight excluding hydrogens is 495 g/mol. The van der Waals surface area contributed by atoms with E-state index in [9.17, 15) is 15.3 Å². The molecule has 5 rings (SSSR count). The van der Waals surface area contributed by atoms with Gasteiger partial charge in [-0.2, -0.15) is 21.9 Å². The Morgan fingerprint density at radius 2 is 1.66 bits per heavy atom. The van der Waals surface area contributed by atoms with Gasteiger partial charge in [0.15, 0.2) is 0 Å². The molecule has 0 fully saturated rings. The van der Waals surface area contributed by atoms with Crippen LogP contribution in [0.5, 0.6) is 0 Å². The second-order valence-electron chi connectivity index (χ2n) is 7.63. The maximum absolute atomic E-state index is 13.9. The molecule has 6 nitrogen and oxygen atoms in total. The lowest BCUT2D eigenvalue weighted by atomic mass is 9.99. The zero-order valence-corrected chi connectivity index (χ0v) is 20.9. The highest BCUT2D eigenvalue weighted by Crippen LogP contribution is 2.49. The zero-order valence-electron chi connectivity index (χ0n) is 18.4. The van der Waals surface area contributed by atoms with Gasteiger partial charge in [0.05, 0.1) is 22.2 Å². The lowest BCUT2D eigenvalue weighted by molar-refractivity contribution is -0.117. The topological polar surface area (TPSA) is 107 Å². The van der Waals surface area contributed by atoms with Crippen molar-refractivity contribution in [1.82, 2.24) is 4.98 Å². The van der Waals surface area contributed by atoms with Crippen molar-refractivity contribution in [3.8, 4) is 23.3 Å². The molecule has 0 saturated heterocycles. The zero-order chi connectivity index (χ0) is 24.5. The van der Waals surface area contributed by atoms with E-state index < -0.39 is 5.25 Å². The molecule has 2 N–H and O–H groups in total. The minimum Gasteiger partial charge on any atom is -0.383 e. The van der Waals surface area contributed by atoms with Crippen molar-refractivity contribution in [3.05, 3.63) is 76.5 Å². The maximum Gasteiger partial charge on any atom is 0.244 e. The predicted octanol–water partition coefficient (Wildman–Crippen LogP) is 6.45. The Morgan fingerprint density at radius 3 is 2.23 bits per heavy atom. The fraction of sp³-hybridized carbons (Fsp3) is 0.0769. The fourth-order valence-electron chi connectivity index (χ4n) is 3.92. The second kappa shape index (κ2) is 9.47. The van der Waals surface area contributed by atoms with Gasteiger partial charge >= 0.3 is 0 Å². The van der Waals surface area contributed by atoms with Gasteiger partial charge < -0.3 is 5.73 Å². The first kappa shape index (κ1) is 23.0. The largest absolute Gasteiger partial charge is 0.383 e. The summed E-state index contributed by atoms with van der Waals surface area (Å²) in [6, 6.07) is 21.7. The maximum atomic E-state index is 13.9. The molecule has 1 atom stereocenters. The van der Waals surface area contributed by atoms with E-state index in [-0.39, 0.29) is 22.9 Å². The summed E-state index contributed by atoms with van der Waals surface area (Å²) in [6.07, 6.45) is 0. The molecule has 1 aliphatic heterocycles. The van der Waals surface area contributed by atoms with E-state index >= 15 is 0 Å².